The predicted molar refractivity (Wildman–Crippen MR) is 61.1 cm³/mol. The molecule has 0 saturated carbocycles. The highest BCUT2D eigenvalue weighted by Crippen LogP contribution is 2.22. The van der Waals surface area contributed by atoms with Crippen molar-refractivity contribution in [3.63, 3.8) is 0 Å². The molecule has 0 unspecified atom stereocenters. The molecule has 17 heavy (non-hydrogen) atoms. The molecule has 0 aliphatic rings. The van der Waals surface area contributed by atoms with Crippen molar-refractivity contribution in [2.45, 2.75) is 0 Å². The van der Waals surface area contributed by atoms with Crippen LogP contribution >= 0.6 is 11.6 Å². The highest BCUT2D eigenvalue weighted by molar-refractivity contribution is 6.29. The molecular formula is C10H7ClF2N4. The maximum absolute atomic E-state index is 13.3. The van der Waals surface area contributed by atoms with Gasteiger partial charge in [-0.05, 0) is 12.1 Å². The summed E-state index contributed by atoms with van der Waals surface area (Å²) in [6.45, 7) is 0. The number of hydrogen-bond acceptors (Lipinski definition) is 4. The summed E-state index contributed by atoms with van der Waals surface area (Å²) in [7, 11) is 0. The average molecular weight is 257 g/mol. The molecule has 1 aromatic heterocycles. The summed E-state index contributed by atoms with van der Waals surface area (Å²) in [5.74, 6) is -1.83. The van der Waals surface area contributed by atoms with E-state index in [1.807, 2.05) is 0 Å². The number of anilines is 3. The van der Waals surface area contributed by atoms with E-state index in [1.54, 1.807) is 0 Å². The first-order valence-corrected chi connectivity index (χ1v) is 4.95. The van der Waals surface area contributed by atoms with Crippen molar-refractivity contribution >= 4 is 29.1 Å². The van der Waals surface area contributed by atoms with E-state index < -0.39 is 11.6 Å². The monoisotopic (exact) mass is 256 g/mol. The van der Waals surface area contributed by atoms with E-state index in [0.29, 0.717) is 0 Å². The van der Waals surface area contributed by atoms with Gasteiger partial charge in [0.25, 0.3) is 0 Å². The van der Waals surface area contributed by atoms with Gasteiger partial charge in [0.15, 0.2) is 11.6 Å². The van der Waals surface area contributed by atoms with Gasteiger partial charge in [0.1, 0.15) is 11.0 Å². The van der Waals surface area contributed by atoms with Crippen molar-refractivity contribution in [1.82, 2.24) is 9.97 Å². The minimum Gasteiger partial charge on any atom is -0.368 e. The van der Waals surface area contributed by atoms with E-state index in [9.17, 15) is 8.78 Å². The molecule has 0 bridgehead atoms. The van der Waals surface area contributed by atoms with Crippen LogP contribution in [0.15, 0.2) is 24.3 Å². The Morgan fingerprint density at radius 3 is 2.71 bits per heavy atom. The van der Waals surface area contributed by atoms with Crippen molar-refractivity contribution in [3.05, 3.63) is 41.1 Å². The average Bonchev–Trinajstić information content (AvgIpc) is 2.23. The zero-order chi connectivity index (χ0) is 12.4. The van der Waals surface area contributed by atoms with E-state index in [-0.39, 0.29) is 22.6 Å². The number of halogens is 3. The van der Waals surface area contributed by atoms with Crippen LogP contribution in [0.4, 0.5) is 26.2 Å². The van der Waals surface area contributed by atoms with Gasteiger partial charge >= 0.3 is 0 Å². The molecular weight excluding hydrogens is 250 g/mol. The lowest BCUT2D eigenvalue weighted by Crippen LogP contribution is -2.02. The molecule has 0 fully saturated rings. The van der Waals surface area contributed by atoms with Gasteiger partial charge in [0.2, 0.25) is 5.95 Å². The smallest absolute Gasteiger partial charge is 0.223 e. The van der Waals surface area contributed by atoms with Crippen LogP contribution < -0.4 is 11.1 Å². The second-order valence-corrected chi connectivity index (χ2v) is 3.55. The van der Waals surface area contributed by atoms with E-state index in [0.717, 1.165) is 6.07 Å². The van der Waals surface area contributed by atoms with Crippen LogP contribution in [-0.4, -0.2) is 9.97 Å². The lowest BCUT2D eigenvalue weighted by molar-refractivity contribution is 0.511. The number of rotatable bonds is 2. The molecule has 0 radical (unpaired) electrons. The summed E-state index contributed by atoms with van der Waals surface area (Å²) in [6.07, 6.45) is 0. The van der Waals surface area contributed by atoms with Crippen LogP contribution in [-0.2, 0) is 0 Å². The van der Waals surface area contributed by atoms with Crippen LogP contribution in [0.3, 0.4) is 0 Å². The number of nitrogens with zero attached hydrogens (tertiary/aromatic N) is 2. The first kappa shape index (κ1) is 11.5. The first-order chi connectivity index (χ1) is 8.06. The Hall–Kier alpha value is -1.95. The molecule has 4 nitrogen and oxygen atoms in total. The van der Waals surface area contributed by atoms with Crippen LogP contribution in [0.25, 0.3) is 0 Å². The van der Waals surface area contributed by atoms with Gasteiger partial charge in [-0.2, -0.15) is 4.98 Å². The van der Waals surface area contributed by atoms with E-state index in [1.165, 1.54) is 18.2 Å². The summed E-state index contributed by atoms with van der Waals surface area (Å²) < 4.78 is 26.3. The fourth-order valence-electron chi connectivity index (χ4n) is 1.24. The summed E-state index contributed by atoms with van der Waals surface area (Å²) in [5, 5.41) is 2.67. The van der Waals surface area contributed by atoms with Gasteiger partial charge in [-0.15, -0.1) is 0 Å². The molecule has 2 rings (SSSR count). The van der Waals surface area contributed by atoms with Gasteiger partial charge in [-0.3, -0.25) is 0 Å². The third-order valence-corrected chi connectivity index (χ3v) is 2.12. The van der Waals surface area contributed by atoms with Gasteiger partial charge < -0.3 is 11.1 Å². The van der Waals surface area contributed by atoms with Crippen LogP contribution in [0, 0.1) is 11.6 Å². The molecule has 0 spiro atoms. The standard InChI is InChI=1S/C10H7ClF2N4/c11-7-4-8(17-10(14)16-7)15-6-3-1-2-5(12)9(6)13/h1-4H,(H3,14,15,16,17). The first-order valence-electron chi connectivity index (χ1n) is 4.57. The molecule has 1 heterocycles. The number of aromatic nitrogens is 2. The number of hydrogen-bond donors (Lipinski definition) is 2. The molecule has 0 saturated heterocycles. The maximum Gasteiger partial charge on any atom is 0.223 e. The van der Waals surface area contributed by atoms with Gasteiger partial charge in [-0.25, -0.2) is 13.8 Å². The fraction of sp³-hybridized carbons (Fsp3) is 0. The van der Waals surface area contributed by atoms with Gasteiger partial charge in [0.05, 0.1) is 5.69 Å². The molecule has 0 aliphatic carbocycles. The number of nitrogens with two attached hydrogens (primary N) is 1. The Morgan fingerprint density at radius 1 is 1.24 bits per heavy atom. The number of benzene rings is 1. The molecule has 88 valence electrons. The highest BCUT2D eigenvalue weighted by atomic mass is 35.5. The molecule has 3 N–H and O–H groups in total. The number of nitrogen functional groups attached to an aromatic ring is 1. The third-order valence-electron chi connectivity index (χ3n) is 1.93. The van der Waals surface area contributed by atoms with Crippen LogP contribution in [0.5, 0.6) is 0 Å². The van der Waals surface area contributed by atoms with E-state index in [2.05, 4.69) is 15.3 Å². The Kier molecular flexibility index (Phi) is 3.06. The molecule has 2 aromatic rings. The fourth-order valence-corrected chi connectivity index (χ4v) is 1.43. The summed E-state index contributed by atoms with van der Waals surface area (Å²) in [4.78, 5) is 7.42. The lowest BCUT2D eigenvalue weighted by atomic mass is 10.3. The van der Waals surface area contributed by atoms with Crippen LogP contribution in [0.1, 0.15) is 0 Å². The molecule has 1 aromatic carbocycles. The van der Waals surface area contributed by atoms with E-state index in [4.69, 9.17) is 17.3 Å². The van der Waals surface area contributed by atoms with Gasteiger partial charge in [0, 0.05) is 6.07 Å². The van der Waals surface area contributed by atoms with Crippen molar-refractivity contribution in [2.75, 3.05) is 11.1 Å². The molecule has 0 aliphatic heterocycles. The van der Waals surface area contributed by atoms with Crippen molar-refractivity contribution in [1.29, 1.82) is 0 Å². The lowest BCUT2D eigenvalue weighted by Gasteiger charge is -2.07. The maximum atomic E-state index is 13.3. The minimum absolute atomic E-state index is 0.0563. The highest BCUT2D eigenvalue weighted by Gasteiger charge is 2.09. The largest absolute Gasteiger partial charge is 0.368 e. The quantitative estimate of drug-likeness (QED) is 0.811. The zero-order valence-electron chi connectivity index (χ0n) is 8.42. The Labute approximate surface area is 100 Å². The Balaban J connectivity index is 2.34. The summed E-state index contributed by atoms with van der Waals surface area (Å²) in [6, 6.07) is 5.10. The minimum atomic E-state index is -0.999. The van der Waals surface area contributed by atoms with Crippen molar-refractivity contribution < 1.29 is 8.78 Å². The van der Waals surface area contributed by atoms with Crippen molar-refractivity contribution in [2.24, 2.45) is 0 Å². The molecule has 0 amide bonds. The summed E-state index contributed by atoms with van der Waals surface area (Å²) >= 11 is 5.65. The molecule has 7 heteroatoms. The van der Waals surface area contributed by atoms with Crippen molar-refractivity contribution in [3.8, 4) is 0 Å². The SMILES string of the molecule is Nc1nc(Cl)cc(Nc2cccc(F)c2F)n1. The van der Waals surface area contributed by atoms with Crippen LogP contribution in [0.2, 0.25) is 5.15 Å². The third kappa shape index (κ3) is 2.59. The molecule has 0 atom stereocenters. The summed E-state index contributed by atoms with van der Waals surface area (Å²) in [5.41, 5.74) is 5.31. The Bertz CT molecular complexity index is 542. The number of nitrogens with one attached hydrogen (secondary N) is 1. The second-order valence-electron chi connectivity index (χ2n) is 3.16. The predicted octanol–water partition coefficient (Wildman–Crippen LogP) is 2.73. The zero-order valence-corrected chi connectivity index (χ0v) is 9.17. The van der Waals surface area contributed by atoms with E-state index >= 15 is 0 Å². The second kappa shape index (κ2) is 4.50. The van der Waals surface area contributed by atoms with Gasteiger partial charge in [-0.1, -0.05) is 17.7 Å². The topological polar surface area (TPSA) is 63.8 Å². The Morgan fingerprint density at radius 2 is 2.00 bits per heavy atom. The normalized spacial score (nSPS) is 10.3.